The van der Waals surface area contributed by atoms with E-state index in [0.717, 1.165) is 69.7 Å². The van der Waals surface area contributed by atoms with Gasteiger partial charge in [-0.2, -0.15) is 0 Å². The predicted octanol–water partition coefficient (Wildman–Crippen LogP) is 4.65. The van der Waals surface area contributed by atoms with Gasteiger partial charge in [0.2, 0.25) is 0 Å². The molecule has 28 heavy (non-hydrogen) atoms. The van der Waals surface area contributed by atoms with E-state index in [0.29, 0.717) is 5.92 Å². The zero-order valence-electron chi connectivity index (χ0n) is 17.6. The summed E-state index contributed by atoms with van der Waals surface area (Å²) < 4.78 is 11.6. The fourth-order valence-electron chi connectivity index (χ4n) is 4.97. The molecule has 1 aliphatic heterocycles. The molecule has 1 aliphatic carbocycles. The van der Waals surface area contributed by atoms with E-state index >= 15 is 0 Å². The molecular weight excluding hydrogens is 350 g/mol. The fraction of sp³-hybridized carbons (Fsp3) is 0.750. The Morgan fingerprint density at radius 3 is 2.64 bits per heavy atom. The van der Waals surface area contributed by atoms with Crippen LogP contribution in [0.15, 0.2) is 24.3 Å². The summed E-state index contributed by atoms with van der Waals surface area (Å²) in [5.74, 6) is 1.77. The topological polar surface area (TPSA) is 50.7 Å². The number of aliphatic hydroxyl groups is 1. The lowest BCUT2D eigenvalue weighted by atomic mass is 9.74. The van der Waals surface area contributed by atoms with E-state index < -0.39 is 5.60 Å². The van der Waals surface area contributed by atoms with Crippen LogP contribution in [-0.2, 0) is 10.3 Å². The maximum atomic E-state index is 12.0. The van der Waals surface area contributed by atoms with Crippen molar-refractivity contribution < 1.29 is 14.6 Å². The first kappa shape index (κ1) is 21.6. The van der Waals surface area contributed by atoms with Crippen molar-refractivity contribution in [3.8, 4) is 5.75 Å². The second-order valence-electron chi connectivity index (χ2n) is 8.73. The predicted molar refractivity (Wildman–Crippen MR) is 114 cm³/mol. The van der Waals surface area contributed by atoms with E-state index in [4.69, 9.17) is 9.47 Å². The van der Waals surface area contributed by atoms with Crippen LogP contribution in [0.3, 0.4) is 0 Å². The second-order valence-corrected chi connectivity index (χ2v) is 8.73. The first-order valence-corrected chi connectivity index (χ1v) is 11.4. The highest BCUT2D eigenvalue weighted by Gasteiger charge is 2.40. The Kier molecular flexibility index (Phi) is 8.63. The summed E-state index contributed by atoms with van der Waals surface area (Å²) in [6.45, 7) is 3.45. The van der Waals surface area contributed by atoms with Crippen LogP contribution < -0.4 is 10.1 Å². The van der Waals surface area contributed by atoms with Crippen molar-refractivity contribution in [3.63, 3.8) is 0 Å². The number of rotatable bonds is 10. The summed E-state index contributed by atoms with van der Waals surface area (Å²) in [6.07, 6.45) is 11.4. The van der Waals surface area contributed by atoms with Gasteiger partial charge in [0, 0.05) is 31.7 Å². The standard InChI is InChI=1S/C24H39NO3/c1-27-17-8-7-15-24(26,21-12-9-16-25-18-21)22-13-5-6-14-23(22)28-19-20-10-3-2-4-11-20/h5-6,13-14,20-21,25-26H,2-4,7-12,15-19H2,1H3/t21-,24?/m1/s1. The van der Waals surface area contributed by atoms with Crippen LogP contribution in [-0.4, -0.2) is 38.5 Å². The number of hydrogen-bond donors (Lipinski definition) is 2. The van der Waals surface area contributed by atoms with Crippen LogP contribution in [0.5, 0.6) is 5.75 Å². The van der Waals surface area contributed by atoms with Crippen molar-refractivity contribution in [2.45, 2.75) is 69.8 Å². The van der Waals surface area contributed by atoms with Gasteiger partial charge in [0.05, 0.1) is 12.2 Å². The summed E-state index contributed by atoms with van der Waals surface area (Å²) in [5, 5.41) is 15.5. The van der Waals surface area contributed by atoms with Gasteiger partial charge in [0.25, 0.3) is 0 Å². The van der Waals surface area contributed by atoms with Gasteiger partial charge in [-0.15, -0.1) is 0 Å². The zero-order valence-corrected chi connectivity index (χ0v) is 17.6. The van der Waals surface area contributed by atoms with Gasteiger partial charge in [-0.1, -0.05) is 37.5 Å². The van der Waals surface area contributed by atoms with Gasteiger partial charge in [-0.3, -0.25) is 0 Å². The van der Waals surface area contributed by atoms with Crippen molar-refractivity contribution in [3.05, 3.63) is 29.8 Å². The molecule has 4 heteroatoms. The van der Waals surface area contributed by atoms with E-state index in [-0.39, 0.29) is 5.92 Å². The van der Waals surface area contributed by atoms with Crippen LogP contribution >= 0.6 is 0 Å². The highest BCUT2D eigenvalue weighted by Crippen LogP contribution is 2.42. The van der Waals surface area contributed by atoms with Crippen molar-refractivity contribution in [2.24, 2.45) is 11.8 Å². The lowest BCUT2D eigenvalue weighted by Crippen LogP contribution is -2.44. The smallest absolute Gasteiger partial charge is 0.125 e. The molecule has 1 saturated heterocycles. The molecule has 158 valence electrons. The molecule has 2 fully saturated rings. The van der Waals surface area contributed by atoms with Crippen LogP contribution in [0.1, 0.15) is 69.8 Å². The third-order valence-corrected chi connectivity index (χ3v) is 6.68. The summed E-state index contributed by atoms with van der Waals surface area (Å²) in [5.41, 5.74) is 0.140. The van der Waals surface area contributed by atoms with E-state index in [1.165, 1.54) is 32.1 Å². The molecule has 1 saturated carbocycles. The molecule has 0 spiro atoms. The molecule has 2 aliphatic rings. The number of para-hydroxylation sites is 1. The number of unbranched alkanes of at least 4 members (excludes halogenated alkanes) is 1. The van der Waals surface area contributed by atoms with E-state index in [2.05, 4.69) is 17.4 Å². The Labute approximate surface area is 171 Å². The minimum Gasteiger partial charge on any atom is -0.493 e. The SMILES string of the molecule is COCCCCC(O)(c1ccccc1OCC1CCCCC1)[C@@H]1CCCNC1. The lowest BCUT2D eigenvalue weighted by Gasteiger charge is -2.40. The zero-order chi connectivity index (χ0) is 19.7. The number of ether oxygens (including phenoxy) is 2. The van der Waals surface area contributed by atoms with E-state index in [1.807, 2.05) is 12.1 Å². The lowest BCUT2D eigenvalue weighted by molar-refractivity contribution is -0.0455. The van der Waals surface area contributed by atoms with Crippen LogP contribution in [0.2, 0.25) is 0 Å². The molecule has 1 aromatic rings. The average molecular weight is 390 g/mol. The maximum Gasteiger partial charge on any atom is 0.125 e. The van der Waals surface area contributed by atoms with Crippen LogP contribution in [0, 0.1) is 11.8 Å². The fourth-order valence-corrected chi connectivity index (χ4v) is 4.97. The Morgan fingerprint density at radius 2 is 1.89 bits per heavy atom. The number of hydrogen-bond acceptors (Lipinski definition) is 4. The molecule has 1 heterocycles. The molecule has 2 N–H and O–H groups in total. The van der Waals surface area contributed by atoms with Gasteiger partial charge in [-0.25, -0.2) is 0 Å². The Bertz CT molecular complexity index is 567. The highest BCUT2D eigenvalue weighted by atomic mass is 16.5. The van der Waals surface area contributed by atoms with Gasteiger partial charge >= 0.3 is 0 Å². The van der Waals surface area contributed by atoms with E-state index in [1.54, 1.807) is 7.11 Å². The molecule has 0 bridgehead atoms. The normalized spacial score (nSPS) is 23.3. The van der Waals surface area contributed by atoms with Gasteiger partial charge in [0.1, 0.15) is 5.75 Å². The van der Waals surface area contributed by atoms with Gasteiger partial charge < -0.3 is 19.9 Å². The molecular formula is C24H39NO3. The third-order valence-electron chi connectivity index (χ3n) is 6.68. The molecule has 1 aromatic carbocycles. The minimum absolute atomic E-state index is 0.225. The Balaban J connectivity index is 1.75. The van der Waals surface area contributed by atoms with E-state index in [9.17, 15) is 5.11 Å². The summed E-state index contributed by atoms with van der Waals surface area (Å²) in [4.78, 5) is 0. The summed E-state index contributed by atoms with van der Waals surface area (Å²) in [6, 6.07) is 8.21. The monoisotopic (exact) mass is 389 g/mol. The van der Waals surface area contributed by atoms with Crippen LogP contribution in [0.4, 0.5) is 0 Å². The average Bonchev–Trinajstić information content (AvgIpc) is 2.77. The van der Waals surface area contributed by atoms with Crippen molar-refractivity contribution in [1.29, 1.82) is 0 Å². The minimum atomic E-state index is -0.843. The molecule has 3 rings (SSSR count). The molecule has 0 amide bonds. The number of methoxy groups -OCH3 is 1. The highest BCUT2D eigenvalue weighted by molar-refractivity contribution is 5.39. The van der Waals surface area contributed by atoms with Gasteiger partial charge in [0.15, 0.2) is 0 Å². The maximum absolute atomic E-state index is 12.0. The second kappa shape index (κ2) is 11.2. The quantitative estimate of drug-likeness (QED) is 0.572. The van der Waals surface area contributed by atoms with Crippen molar-refractivity contribution in [2.75, 3.05) is 33.4 Å². The first-order valence-electron chi connectivity index (χ1n) is 11.4. The third kappa shape index (κ3) is 5.71. The summed E-state index contributed by atoms with van der Waals surface area (Å²) >= 11 is 0. The van der Waals surface area contributed by atoms with Gasteiger partial charge in [-0.05, 0) is 63.5 Å². The van der Waals surface area contributed by atoms with Crippen LogP contribution in [0.25, 0.3) is 0 Å². The Hall–Kier alpha value is -1.10. The molecule has 0 aromatic heterocycles. The molecule has 2 atom stereocenters. The van der Waals surface area contributed by atoms with Crippen molar-refractivity contribution >= 4 is 0 Å². The van der Waals surface area contributed by atoms with Crippen molar-refractivity contribution in [1.82, 2.24) is 5.32 Å². The number of benzene rings is 1. The number of nitrogens with one attached hydrogen (secondary N) is 1. The molecule has 0 radical (unpaired) electrons. The molecule has 4 nitrogen and oxygen atoms in total. The number of piperidine rings is 1. The first-order chi connectivity index (χ1) is 13.7. The summed E-state index contributed by atoms with van der Waals surface area (Å²) in [7, 11) is 1.74. The Morgan fingerprint density at radius 1 is 1.07 bits per heavy atom. The largest absolute Gasteiger partial charge is 0.493 e. The molecule has 1 unspecified atom stereocenters.